The molecule has 0 saturated carbocycles. The van der Waals surface area contributed by atoms with E-state index >= 15 is 0 Å². The van der Waals surface area contributed by atoms with Gasteiger partial charge in [-0.1, -0.05) is 0 Å². The number of thioether (sulfide) groups is 1. The lowest BCUT2D eigenvalue weighted by molar-refractivity contribution is -0.114. The summed E-state index contributed by atoms with van der Waals surface area (Å²) in [6.07, 6.45) is 5.05. The van der Waals surface area contributed by atoms with Gasteiger partial charge in [0.05, 0.1) is 12.0 Å². The lowest BCUT2D eigenvalue weighted by Gasteiger charge is -1.99. The molecule has 0 spiro atoms. The van der Waals surface area contributed by atoms with Gasteiger partial charge in [-0.3, -0.25) is 4.79 Å². The summed E-state index contributed by atoms with van der Waals surface area (Å²) in [6.45, 7) is 2.04. The van der Waals surface area contributed by atoms with Crippen molar-refractivity contribution in [3.05, 3.63) is 34.6 Å². The molecule has 0 amide bonds. The average Bonchev–Trinajstić information content (AvgIpc) is 2.72. The van der Waals surface area contributed by atoms with E-state index in [0.29, 0.717) is 6.42 Å². The smallest absolute Gasteiger partial charge is 0.156 e. The van der Waals surface area contributed by atoms with E-state index in [1.807, 2.05) is 13.0 Å². The summed E-state index contributed by atoms with van der Waals surface area (Å²) in [6, 6.07) is 1.96. The van der Waals surface area contributed by atoms with Crippen LogP contribution in [0.5, 0.6) is 0 Å². The maximum Gasteiger partial charge on any atom is 0.156 e. The minimum absolute atomic E-state index is 0.253. The molecule has 0 saturated heterocycles. The molecule has 1 aliphatic carbocycles. The van der Waals surface area contributed by atoms with E-state index in [1.165, 1.54) is 10.5 Å². The normalized spacial score (nSPS) is 16.1. The van der Waals surface area contributed by atoms with Crippen molar-refractivity contribution in [3.63, 3.8) is 0 Å². The van der Waals surface area contributed by atoms with E-state index in [2.05, 4.69) is 0 Å². The minimum atomic E-state index is 0.253. The van der Waals surface area contributed by atoms with Crippen molar-refractivity contribution in [1.82, 2.24) is 0 Å². The van der Waals surface area contributed by atoms with Gasteiger partial charge >= 0.3 is 0 Å². The van der Waals surface area contributed by atoms with Gasteiger partial charge in [0.2, 0.25) is 0 Å². The number of aryl methyl sites for hydroxylation is 1. The molecule has 0 bridgehead atoms. The number of hydrogen-bond acceptors (Lipinski definition) is 3. The highest BCUT2D eigenvalue weighted by atomic mass is 32.2. The number of ketones is 1. The van der Waals surface area contributed by atoms with Crippen LogP contribution in [0.3, 0.4) is 0 Å². The third kappa shape index (κ3) is 2.10. The third-order valence-corrected chi connectivity index (χ3v) is 3.40. The lowest BCUT2D eigenvalue weighted by atomic mass is 10.3. The van der Waals surface area contributed by atoms with E-state index in [4.69, 9.17) is 4.42 Å². The second-order valence-corrected chi connectivity index (χ2v) is 4.49. The van der Waals surface area contributed by atoms with Crippen molar-refractivity contribution < 1.29 is 9.21 Å². The number of furan rings is 1. The molecule has 1 aromatic heterocycles. The predicted octanol–water partition coefficient (Wildman–Crippen LogP) is 3.07. The number of allylic oxidation sites excluding steroid dienone is 2. The molecule has 1 aromatic rings. The first-order chi connectivity index (χ1) is 6.75. The van der Waals surface area contributed by atoms with Crippen molar-refractivity contribution in [1.29, 1.82) is 0 Å². The summed E-state index contributed by atoms with van der Waals surface area (Å²) in [7, 11) is 0. The Morgan fingerprint density at radius 3 is 2.93 bits per heavy atom. The zero-order valence-corrected chi connectivity index (χ0v) is 8.89. The largest absolute Gasteiger partial charge is 0.468 e. The molecule has 0 aliphatic heterocycles. The first kappa shape index (κ1) is 9.59. The van der Waals surface area contributed by atoms with Gasteiger partial charge in [-0.05, 0) is 36.0 Å². The standard InChI is InChI=1S/C11H12O2S/c1-8-4-5-13-11(8)7-14-10-3-2-9(12)6-10/h4-6H,2-3,7H2,1H3. The monoisotopic (exact) mass is 208 g/mol. The highest BCUT2D eigenvalue weighted by Gasteiger charge is 2.13. The summed E-state index contributed by atoms with van der Waals surface area (Å²) >= 11 is 1.71. The lowest BCUT2D eigenvalue weighted by Crippen LogP contribution is -1.80. The van der Waals surface area contributed by atoms with Gasteiger partial charge in [0, 0.05) is 6.42 Å². The van der Waals surface area contributed by atoms with Crippen LogP contribution >= 0.6 is 11.8 Å². The van der Waals surface area contributed by atoms with Gasteiger partial charge in [0.25, 0.3) is 0 Å². The second kappa shape index (κ2) is 4.05. The summed E-state index contributed by atoms with van der Waals surface area (Å²) in [5.41, 5.74) is 1.18. The highest BCUT2D eigenvalue weighted by molar-refractivity contribution is 8.02. The van der Waals surface area contributed by atoms with Crippen molar-refractivity contribution in [2.75, 3.05) is 0 Å². The molecule has 1 heterocycles. The Morgan fingerprint density at radius 2 is 2.36 bits per heavy atom. The van der Waals surface area contributed by atoms with Crippen LogP contribution in [0.4, 0.5) is 0 Å². The van der Waals surface area contributed by atoms with E-state index in [0.717, 1.165) is 17.9 Å². The molecular weight excluding hydrogens is 196 g/mol. The van der Waals surface area contributed by atoms with Crippen molar-refractivity contribution in [2.24, 2.45) is 0 Å². The van der Waals surface area contributed by atoms with Crippen LogP contribution in [0.15, 0.2) is 27.7 Å². The van der Waals surface area contributed by atoms with Crippen LogP contribution in [0, 0.1) is 6.92 Å². The van der Waals surface area contributed by atoms with Gasteiger partial charge < -0.3 is 4.42 Å². The van der Waals surface area contributed by atoms with Crippen LogP contribution in [0.2, 0.25) is 0 Å². The first-order valence-electron chi connectivity index (χ1n) is 4.65. The Hall–Kier alpha value is -0.960. The summed E-state index contributed by atoms with van der Waals surface area (Å²) in [5.74, 6) is 2.09. The van der Waals surface area contributed by atoms with Gasteiger partial charge in [0.15, 0.2) is 5.78 Å². The molecule has 0 radical (unpaired) electrons. The summed E-state index contributed by atoms with van der Waals surface area (Å²) < 4.78 is 5.32. The fourth-order valence-electron chi connectivity index (χ4n) is 1.39. The molecule has 2 rings (SSSR count). The van der Waals surface area contributed by atoms with Gasteiger partial charge in [-0.2, -0.15) is 0 Å². The Balaban J connectivity index is 1.92. The molecule has 74 valence electrons. The molecule has 0 fully saturated rings. The first-order valence-corrected chi connectivity index (χ1v) is 5.63. The van der Waals surface area contributed by atoms with E-state index in [-0.39, 0.29) is 5.78 Å². The van der Waals surface area contributed by atoms with Gasteiger partial charge in [-0.25, -0.2) is 0 Å². The highest BCUT2D eigenvalue weighted by Crippen LogP contribution is 2.30. The Labute approximate surface area is 87.4 Å². The van der Waals surface area contributed by atoms with E-state index in [1.54, 1.807) is 24.1 Å². The fourth-order valence-corrected chi connectivity index (χ4v) is 2.47. The Kier molecular flexibility index (Phi) is 2.77. The third-order valence-electron chi connectivity index (χ3n) is 2.30. The molecular formula is C11H12O2S. The molecule has 3 heteroatoms. The fraction of sp³-hybridized carbons (Fsp3) is 0.364. The van der Waals surface area contributed by atoms with E-state index in [9.17, 15) is 4.79 Å². The van der Waals surface area contributed by atoms with Crippen LogP contribution in [-0.4, -0.2) is 5.78 Å². The van der Waals surface area contributed by atoms with Crippen molar-refractivity contribution >= 4 is 17.5 Å². The van der Waals surface area contributed by atoms with Crippen LogP contribution in [-0.2, 0) is 10.5 Å². The van der Waals surface area contributed by atoms with Crippen molar-refractivity contribution in [3.8, 4) is 0 Å². The Bertz CT molecular complexity index is 376. The predicted molar refractivity (Wildman–Crippen MR) is 57.1 cm³/mol. The average molecular weight is 208 g/mol. The molecule has 14 heavy (non-hydrogen) atoms. The van der Waals surface area contributed by atoms with Crippen molar-refractivity contribution in [2.45, 2.75) is 25.5 Å². The van der Waals surface area contributed by atoms with Crippen LogP contribution < -0.4 is 0 Å². The number of carbonyl (C=O) groups is 1. The van der Waals surface area contributed by atoms with E-state index < -0.39 is 0 Å². The van der Waals surface area contributed by atoms with Gasteiger partial charge in [-0.15, -0.1) is 11.8 Å². The molecule has 0 N–H and O–H groups in total. The summed E-state index contributed by atoms with van der Waals surface area (Å²) in [4.78, 5) is 12.2. The maximum absolute atomic E-state index is 11.0. The SMILES string of the molecule is Cc1ccoc1CSC1=CC(=O)CC1. The molecule has 1 aliphatic rings. The number of hydrogen-bond donors (Lipinski definition) is 0. The zero-order chi connectivity index (χ0) is 9.97. The molecule has 2 nitrogen and oxygen atoms in total. The molecule has 0 atom stereocenters. The number of rotatable bonds is 3. The van der Waals surface area contributed by atoms with Gasteiger partial charge in [0.1, 0.15) is 5.76 Å². The Morgan fingerprint density at radius 1 is 1.50 bits per heavy atom. The maximum atomic E-state index is 11.0. The van der Waals surface area contributed by atoms with Crippen LogP contribution in [0.1, 0.15) is 24.2 Å². The quantitative estimate of drug-likeness (QED) is 0.764. The summed E-state index contributed by atoms with van der Waals surface area (Å²) in [5, 5.41) is 0. The second-order valence-electron chi connectivity index (χ2n) is 3.39. The molecule has 0 aromatic carbocycles. The minimum Gasteiger partial charge on any atom is -0.468 e. The zero-order valence-electron chi connectivity index (χ0n) is 8.08. The number of carbonyl (C=O) groups excluding carboxylic acids is 1. The molecule has 0 unspecified atom stereocenters. The topological polar surface area (TPSA) is 30.2 Å². The van der Waals surface area contributed by atoms with Crippen LogP contribution in [0.25, 0.3) is 0 Å².